The number of hydrogen-bond acceptors (Lipinski definition) is 6. The Labute approximate surface area is 98.8 Å². The number of nitrogens with one attached hydrogen (secondary N) is 1. The maximum Gasteiger partial charge on any atom is 0.325 e. The van der Waals surface area contributed by atoms with Crippen LogP contribution in [0.25, 0.3) is 0 Å². The van der Waals surface area contributed by atoms with E-state index in [-0.39, 0.29) is 18.1 Å². The lowest BCUT2D eigenvalue weighted by Gasteiger charge is -2.09. The average Bonchev–Trinajstić information content (AvgIpc) is 2.35. The van der Waals surface area contributed by atoms with Crippen LogP contribution in [0.15, 0.2) is 12.1 Å². The molecule has 0 aliphatic heterocycles. The fraction of sp³-hybridized carbons (Fsp3) is 0.400. The number of anilines is 1. The van der Waals surface area contributed by atoms with Crippen LogP contribution in [0, 0.1) is 0 Å². The molecule has 0 saturated heterocycles. The Morgan fingerprint density at radius 1 is 1.35 bits per heavy atom. The van der Waals surface area contributed by atoms with E-state index < -0.39 is 5.97 Å². The monoisotopic (exact) mass is 238 g/mol. The van der Waals surface area contributed by atoms with Gasteiger partial charge in [-0.05, 0) is 12.1 Å². The molecule has 0 atom stereocenters. The molecule has 1 rings (SSSR count). The van der Waals surface area contributed by atoms with Crippen LogP contribution in [0.2, 0.25) is 0 Å². The van der Waals surface area contributed by atoms with Gasteiger partial charge in [-0.2, -0.15) is 0 Å². The molecule has 0 bridgehead atoms. The van der Waals surface area contributed by atoms with E-state index in [9.17, 15) is 9.59 Å². The summed E-state index contributed by atoms with van der Waals surface area (Å²) in [4.78, 5) is 23.8. The van der Waals surface area contributed by atoms with Gasteiger partial charge in [-0.15, -0.1) is 10.2 Å². The Hall–Kier alpha value is -2.18. The van der Waals surface area contributed by atoms with E-state index in [4.69, 9.17) is 0 Å². The summed E-state index contributed by atoms with van der Waals surface area (Å²) < 4.78 is 4.45. The maximum absolute atomic E-state index is 11.5. The second-order valence-corrected chi connectivity index (χ2v) is 3.43. The van der Waals surface area contributed by atoms with Crippen molar-refractivity contribution >= 4 is 17.7 Å². The fourth-order valence-electron chi connectivity index (χ4n) is 1.00. The third kappa shape index (κ3) is 3.71. The van der Waals surface area contributed by atoms with Gasteiger partial charge in [0.1, 0.15) is 12.4 Å². The van der Waals surface area contributed by atoms with Crippen molar-refractivity contribution in [2.45, 2.75) is 0 Å². The van der Waals surface area contributed by atoms with Crippen LogP contribution in [0.4, 0.5) is 5.82 Å². The second-order valence-electron chi connectivity index (χ2n) is 3.43. The molecule has 0 aliphatic carbocycles. The van der Waals surface area contributed by atoms with Crippen LogP contribution in [-0.4, -0.2) is 54.7 Å². The predicted molar refractivity (Wildman–Crippen MR) is 60.6 cm³/mol. The van der Waals surface area contributed by atoms with Crippen molar-refractivity contribution in [1.82, 2.24) is 15.1 Å². The molecule has 7 nitrogen and oxygen atoms in total. The highest BCUT2D eigenvalue weighted by Gasteiger charge is 2.10. The van der Waals surface area contributed by atoms with Gasteiger partial charge in [0.25, 0.3) is 5.91 Å². The van der Waals surface area contributed by atoms with Crippen molar-refractivity contribution in [2.24, 2.45) is 0 Å². The molecule has 0 radical (unpaired) electrons. The lowest BCUT2D eigenvalue weighted by Crippen LogP contribution is -2.23. The average molecular weight is 238 g/mol. The minimum absolute atomic E-state index is 0.00610. The highest BCUT2D eigenvalue weighted by atomic mass is 16.5. The molecule has 1 heterocycles. The van der Waals surface area contributed by atoms with Gasteiger partial charge in [-0.1, -0.05) is 0 Å². The highest BCUT2D eigenvalue weighted by Crippen LogP contribution is 2.03. The van der Waals surface area contributed by atoms with Crippen molar-refractivity contribution in [3.05, 3.63) is 17.8 Å². The van der Waals surface area contributed by atoms with Crippen molar-refractivity contribution in [3.63, 3.8) is 0 Å². The van der Waals surface area contributed by atoms with Crippen molar-refractivity contribution < 1.29 is 14.3 Å². The molecule has 1 N–H and O–H groups in total. The molecular weight excluding hydrogens is 224 g/mol. The van der Waals surface area contributed by atoms with E-state index in [1.807, 2.05) is 0 Å². The number of esters is 1. The molecule has 1 amide bonds. The molecule has 0 fully saturated rings. The third-order valence-corrected chi connectivity index (χ3v) is 1.93. The number of ether oxygens (including phenoxy) is 1. The van der Waals surface area contributed by atoms with E-state index in [1.54, 1.807) is 20.2 Å². The Kier molecular flexibility index (Phi) is 4.38. The second kappa shape index (κ2) is 5.78. The van der Waals surface area contributed by atoms with Gasteiger partial charge in [0, 0.05) is 14.1 Å². The molecule has 1 aromatic heterocycles. The molecule has 92 valence electrons. The summed E-state index contributed by atoms with van der Waals surface area (Å²) in [7, 11) is 4.56. The van der Waals surface area contributed by atoms with Gasteiger partial charge in [-0.3, -0.25) is 9.59 Å². The molecular formula is C10H14N4O3. The Bertz CT molecular complexity index is 403. The maximum atomic E-state index is 11.5. The number of aromatic nitrogens is 2. The first-order valence-corrected chi connectivity index (χ1v) is 4.90. The molecule has 17 heavy (non-hydrogen) atoms. The first-order valence-electron chi connectivity index (χ1n) is 4.90. The molecule has 0 unspecified atom stereocenters. The Morgan fingerprint density at radius 3 is 2.53 bits per heavy atom. The Balaban J connectivity index is 2.62. The fourth-order valence-corrected chi connectivity index (χ4v) is 1.00. The van der Waals surface area contributed by atoms with Gasteiger partial charge in [-0.25, -0.2) is 0 Å². The summed E-state index contributed by atoms with van der Waals surface area (Å²) >= 11 is 0. The van der Waals surface area contributed by atoms with Gasteiger partial charge < -0.3 is 15.0 Å². The van der Waals surface area contributed by atoms with Crippen molar-refractivity contribution in [2.75, 3.05) is 33.1 Å². The largest absolute Gasteiger partial charge is 0.468 e. The molecule has 0 aliphatic rings. The molecule has 0 spiro atoms. The number of nitrogens with zero attached hydrogens (tertiary/aromatic N) is 3. The van der Waals surface area contributed by atoms with Crippen LogP contribution in [0.3, 0.4) is 0 Å². The number of hydrogen-bond donors (Lipinski definition) is 1. The van der Waals surface area contributed by atoms with Gasteiger partial charge in [0.05, 0.1) is 7.11 Å². The predicted octanol–water partition coefficient (Wildman–Crippen LogP) is -0.237. The summed E-state index contributed by atoms with van der Waals surface area (Å²) in [5.74, 6) is -0.219. The zero-order chi connectivity index (χ0) is 12.8. The van der Waals surface area contributed by atoms with E-state index in [1.165, 1.54) is 18.1 Å². The van der Waals surface area contributed by atoms with Gasteiger partial charge in [0.15, 0.2) is 5.69 Å². The lowest BCUT2D eigenvalue weighted by molar-refractivity contribution is -0.138. The normalized spacial score (nSPS) is 9.59. The van der Waals surface area contributed by atoms with Crippen LogP contribution in [0.5, 0.6) is 0 Å². The van der Waals surface area contributed by atoms with E-state index >= 15 is 0 Å². The van der Waals surface area contributed by atoms with Gasteiger partial charge in [0.2, 0.25) is 0 Å². The smallest absolute Gasteiger partial charge is 0.325 e. The summed E-state index contributed by atoms with van der Waals surface area (Å²) in [6.07, 6.45) is 0. The minimum Gasteiger partial charge on any atom is -0.468 e. The SMILES string of the molecule is COC(=O)CNc1ccc(C(=O)N(C)C)nn1. The topological polar surface area (TPSA) is 84.4 Å². The van der Waals surface area contributed by atoms with E-state index in [0.717, 1.165) is 0 Å². The standard InChI is InChI=1S/C10H14N4O3/c1-14(2)10(16)7-4-5-8(13-12-7)11-6-9(15)17-3/h4-5H,6H2,1-3H3,(H,11,13). The Morgan fingerprint density at radius 2 is 2.06 bits per heavy atom. The molecule has 1 aromatic rings. The first-order chi connectivity index (χ1) is 8.04. The number of amides is 1. The van der Waals surface area contributed by atoms with Crippen molar-refractivity contribution in [1.29, 1.82) is 0 Å². The molecule has 7 heteroatoms. The lowest BCUT2D eigenvalue weighted by atomic mass is 10.3. The summed E-state index contributed by atoms with van der Waals surface area (Å²) in [6, 6.07) is 3.11. The van der Waals surface area contributed by atoms with Crippen LogP contribution in [-0.2, 0) is 9.53 Å². The zero-order valence-corrected chi connectivity index (χ0v) is 9.93. The summed E-state index contributed by atoms with van der Waals surface area (Å²) in [6.45, 7) is 0.00610. The first kappa shape index (κ1) is 12.9. The molecule has 0 aromatic carbocycles. The van der Waals surface area contributed by atoms with Crippen LogP contribution >= 0.6 is 0 Å². The number of carbonyl (C=O) groups is 2. The van der Waals surface area contributed by atoms with E-state index in [2.05, 4.69) is 20.3 Å². The summed E-state index contributed by atoms with van der Waals surface area (Å²) in [5, 5.41) is 10.2. The van der Waals surface area contributed by atoms with Crippen LogP contribution in [0.1, 0.15) is 10.5 Å². The van der Waals surface area contributed by atoms with Crippen molar-refractivity contribution in [3.8, 4) is 0 Å². The zero-order valence-electron chi connectivity index (χ0n) is 9.93. The van der Waals surface area contributed by atoms with Gasteiger partial charge >= 0.3 is 5.97 Å². The summed E-state index contributed by atoms with van der Waals surface area (Å²) in [5.41, 5.74) is 0.249. The number of methoxy groups -OCH3 is 1. The quantitative estimate of drug-likeness (QED) is 0.729. The molecule has 0 saturated carbocycles. The third-order valence-electron chi connectivity index (χ3n) is 1.93. The minimum atomic E-state index is -0.403. The van der Waals surface area contributed by atoms with Crippen LogP contribution < -0.4 is 5.32 Å². The highest BCUT2D eigenvalue weighted by molar-refractivity contribution is 5.91. The number of rotatable bonds is 4. The van der Waals surface area contributed by atoms with E-state index in [0.29, 0.717) is 5.82 Å². The number of carbonyl (C=O) groups excluding carboxylic acids is 2.